The molecule has 0 saturated heterocycles. The minimum absolute atomic E-state index is 0.0411. The van der Waals surface area contributed by atoms with Crippen LogP contribution in [0.15, 0.2) is 30.3 Å². The van der Waals surface area contributed by atoms with Gasteiger partial charge < -0.3 is 29.0 Å². The third kappa shape index (κ3) is 6.21. The van der Waals surface area contributed by atoms with Gasteiger partial charge in [0, 0.05) is 18.6 Å². The fourth-order valence-electron chi connectivity index (χ4n) is 2.80. The first-order chi connectivity index (χ1) is 14.8. The van der Waals surface area contributed by atoms with Gasteiger partial charge in [-0.3, -0.25) is 4.79 Å². The number of carbonyl (C=O) groups excluding carboxylic acids is 2. The zero-order valence-corrected chi connectivity index (χ0v) is 17.5. The minimum Gasteiger partial charge on any atom is -0.493 e. The van der Waals surface area contributed by atoms with Gasteiger partial charge in [0.05, 0.1) is 39.7 Å². The molecule has 0 heterocycles. The number of esters is 1. The van der Waals surface area contributed by atoms with Crippen LogP contribution in [-0.4, -0.2) is 46.9 Å². The fraction of sp³-hybridized carbons (Fsp3) is 0.333. The van der Waals surface area contributed by atoms with Gasteiger partial charge in [-0.1, -0.05) is 6.07 Å². The smallest absolute Gasteiger partial charge is 0.387 e. The normalized spacial score (nSPS) is 10.4. The van der Waals surface area contributed by atoms with Crippen molar-refractivity contribution in [2.45, 2.75) is 19.5 Å². The Kier molecular flexibility index (Phi) is 8.42. The van der Waals surface area contributed by atoms with E-state index < -0.39 is 18.5 Å². The van der Waals surface area contributed by atoms with Crippen molar-refractivity contribution in [3.8, 4) is 23.0 Å². The number of hydrogen-bond acceptors (Lipinski definition) is 7. The molecule has 0 atom stereocenters. The predicted molar refractivity (Wildman–Crippen MR) is 107 cm³/mol. The van der Waals surface area contributed by atoms with E-state index in [0.29, 0.717) is 17.9 Å². The Bertz CT molecular complexity index is 934. The van der Waals surface area contributed by atoms with Crippen LogP contribution >= 0.6 is 0 Å². The van der Waals surface area contributed by atoms with E-state index >= 15 is 0 Å². The zero-order valence-electron chi connectivity index (χ0n) is 17.5. The highest BCUT2D eigenvalue weighted by molar-refractivity contribution is 6.02. The summed E-state index contributed by atoms with van der Waals surface area (Å²) in [5.41, 5.74) is 0.707. The topological polar surface area (TPSA) is 92.3 Å². The summed E-state index contributed by atoms with van der Waals surface area (Å²) in [6, 6.07) is 7.50. The highest BCUT2D eigenvalue weighted by Gasteiger charge is 2.21. The van der Waals surface area contributed by atoms with Crippen molar-refractivity contribution in [1.82, 2.24) is 0 Å². The molecular formula is C21H23F2NO7. The second-order valence-electron chi connectivity index (χ2n) is 6.16. The van der Waals surface area contributed by atoms with Crippen LogP contribution in [0.3, 0.4) is 0 Å². The molecule has 1 amide bonds. The zero-order chi connectivity index (χ0) is 23.0. The van der Waals surface area contributed by atoms with Crippen molar-refractivity contribution in [2.75, 3.05) is 33.8 Å². The van der Waals surface area contributed by atoms with E-state index in [4.69, 9.17) is 18.9 Å². The van der Waals surface area contributed by atoms with E-state index in [1.54, 1.807) is 18.2 Å². The van der Waals surface area contributed by atoms with Crippen molar-refractivity contribution in [1.29, 1.82) is 0 Å². The van der Waals surface area contributed by atoms with Gasteiger partial charge in [-0.15, -0.1) is 0 Å². The van der Waals surface area contributed by atoms with Crippen LogP contribution in [0.25, 0.3) is 0 Å². The molecule has 2 aromatic carbocycles. The van der Waals surface area contributed by atoms with Crippen LogP contribution in [0.2, 0.25) is 0 Å². The van der Waals surface area contributed by atoms with Crippen LogP contribution in [0, 0.1) is 0 Å². The summed E-state index contributed by atoms with van der Waals surface area (Å²) in [6.07, 6.45) is 0.406. The number of alkyl halides is 2. The summed E-state index contributed by atoms with van der Waals surface area (Å²) in [5, 5.41) is 2.54. The largest absolute Gasteiger partial charge is 0.493 e. The van der Waals surface area contributed by atoms with Crippen molar-refractivity contribution in [3.05, 3.63) is 41.5 Å². The monoisotopic (exact) mass is 439 g/mol. The Morgan fingerprint density at radius 3 is 2.13 bits per heavy atom. The Labute approximate surface area is 178 Å². The van der Waals surface area contributed by atoms with Crippen molar-refractivity contribution >= 4 is 17.6 Å². The molecule has 168 valence electrons. The summed E-state index contributed by atoms with van der Waals surface area (Å²) in [6.45, 7) is -3.12. The average Bonchev–Trinajstić information content (AvgIpc) is 2.76. The van der Waals surface area contributed by atoms with Crippen LogP contribution < -0.4 is 24.3 Å². The molecule has 0 fully saturated rings. The summed E-state index contributed by atoms with van der Waals surface area (Å²) in [4.78, 5) is 24.6. The summed E-state index contributed by atoms with van der Waals surface area (Å²) < 4.78 is 49.9. The molecule has 0 spiro atoms. The van der Waals surface area contributed by atoms with Gasteiger partial charge in [0.1, 0.15) is 0 Å². The van der Waals surface area contributed by atoms with E-state index in [2.05, 4.69) is 10.1 Å². The number of ether oxygens (including phenoxy) is 5. The first kappa shape index (κ1) is 23.7. The second-order valence-corrected chi connectivity index (χ2v) is 6.16. The van der Waals surface area contributed by atoms with E-state index in [0.717, 1.165) is 24.8 Å². The van der Waals surface area contributed by atoms with Gasteiger partial charge in [-0.05, 0) is 24.1 Å². The molecule has 0 saturated carbocycles. The number of hydrogen-bond donors (Lipinski definition) is 1. The number of rotatable bonds is 10. The second kappa shape index (κ2) is 11.0. The Balaban J connectivity index is 2.21. The maximum atomic E-state index is 12.7. The third-order valence-electron chi connectivity index (χ3n) is 4.29. The molecular weight excluding hydrogens is 416 g/mol. The van der Waals surface area contributed by atoms with Gasteiger partial charge in [0.2, 0.25) is 5.91 Å². The van der Waals surface area contributed by atoms with E-state index in [1.165, 1.54) is 21.3 Å². The van der Waals surface area contributed by atoms with Crippen LogP contribution in [0.1, 0.15) is 22.3 Å². The lowest BCUT2D eigenvalue weighted by molar-refractivity contribution is -0.116. The number of aryl methyl sites for hydroxylation is 1. The first-order valence-electron chi connectivity index (χ1n) is 9.08. The number of methoxy groups -OCH3 is 4. The molecule has 31 heavy (non-hydrogen) atoms. The molecule has 0 aliphatic carbocycles. The maximum Gasteiger partial charge on any atom is 0.387 e. The molecule has 0 unspecified atom stereocenters. The van der Waals surface area contributed by atoms with Gasteiger partial charge in [-0.25, -0.2) is 4.79 Å². The van der Waals surface area contributed by atoms with Gasteiger partial charge in [0.25, 0.3) is 0 Å². The molecule has 0 bridgehead atoms. The highest BCUT2D eigenvalue weighted by atomic mass is 19.3. The molecule has 0 aliphatic heterocycles. The summed E-state index contributed by atoms with van der Waals surface area (Å²) in [7, 11) is 5.41. The van der Waals surface area contributed by atoms with Crippen molar-refractivity contribution in [3.63, 3.8) is 0 Å². The standard InChI is InChI=1S/C21H23F2NO7/c1-27-15-7-5-12(9-16(15)28-2)6-8-19(25)24-14-11-18(31-21(22)23)17(29-3)10-13(14)20(26)30-4/h5,7,9-11,21H,6,8H2,1-4H3,(H,24,25). The summed E-state index contributed by atoms with van der Waals surface area (Å²) >= 11 is 0. The third-order valence-corrected chi connectivity index (χ3v) is 4.29. The van der Waals surface area contributed by atoms with E-state index in [1.807, 2.05) is 0 Å². The summed E-state index contributed by atoms with van der Waals surface area (Å²) in [5.74, 6) is -0.588. The van der Waals surface area contributed by atoms with Crippen LogP contribution in [0.5, 0.6) is 23.0 Å². The molecule has 1 N–H and O–H groups in total. The number of carbonyl (C=O) groups is 2. The molecule has 0 radical (unpaired) electrons. The van der Waals surface area contributed by atoms with E-state index in [-0.39, 0.29) is 29.2 Å². The predicted octanol–water partition coefficient (Wildman–Crippen LogP) is 3.67. The minimum atomic E-state index is -3.12. The molecule has 2 rings (SSSR count). The Morgan fingerprint density at radius 1 is 0.903 bits per heavy atom. The molecule has 0 aromatic heterocycles. The van der Waals surface area contributed by atoms with Crippen molar-refractivity contribution < 1.29 is 42.1 Å². The number of amides is 1. The molecule has 8 nitrogen and oxygen atoms in total. The quantitative estimate of drug-likeness (QED) is 0.565. The number of nitrogens with one attached hydrogen (secondary N) is 1. The lowest BCUT2D eigenvalue weighted by Gasteiger charge is -2.15. The molecule has 2 aromatic rings. The van der Waals surface area contributed by atoms with Crippen molar-refractivity contribution in [2.24, 2.45) is 0 Å². The first-order valence-corrected chi connectivity index (χ1v) is 9.08. The van der Waals surface area contributed by atoms with E-state index in [9.17, 15) is 18.4 Å². The maximum absolute atomic E-state index is 12.7. The van der Waals surface area contributed by atoms with Crippen LogP contribution in [0.4, 0.5) is 14.5 Å². The average molecular weight is 439 g/mol. The lowest BCUT2D eigenvalue weighted by atomic mass is 10.1. The van der Waals surface area contributed by atoms with Gasteiger partial charge in [-0.2, -0.15) is 8.78 Å². The van der Waals surface area contributed by atoms with Gasteiger partial charge in [0.15, 0.2) is 23.0 Å². The number of anilines is 1. The Hall–Kier alpha value is -3.56. The number of halogens is 2. The van der Waals surface area contributed by atoms with Gasteiger partial charge >= 0.3 is 12.6 Å². The molecule has 10 heteroatoms. The highest BCUT2D eigenvalue weighted by Crippen LogP contribution is 2.35. The lowest BCUT2D eigenvalue weighted by Crippen LogP contribution is -2.16. The van der Waals surface area contributed by atoms with Crippen LogP contribution in [-0.2, 0) is 16.0 Å². The fourth-order valence-corrected chi connectivity index (χ4v) is 2.80. The SMILES string of the molecule is COC(=O)c1cc(OC)c(OC(F)F)cc1NC(=O)CCc1ccc(OC)c(OC)c1. The molecule has 0 aliphatic rings. The number of benzene rings is 2. The Morgan fingerprint density at radius 2 is 1.55 bits per heavy atom.